The van der Waals surface area contributed by atoms with Gasteiger partial charge in [-0.3, -0.25) is 0 Å². The number of hydrogen-bond donors (Lipinski definition) is 1. The van der Waals surface area contributed by atoms with E-state index in [9.17, 15) is 9.90 Å². The van der Waals surface area contributed by atoms with E-state index >= 15 is 0 Å². The zero-order chi connectivity index (χ0) is 9.68. The van der Waals surface area contributed by atoms with Crippen LogP contribution in [0.4, 0.5) is 0 Å². The Morgan fingerprint density at radius 2 is 2.00 bits per heavy atom. The zero-order valence-corrected chi connectivity index (χ0v) is 7.40. The first-order valence-electron chi connectivity index (χ1n) is 4.25. The van der Waals surface area contributed by atoms with Gasteiger partial charge in [0.25, 0.3) is 0 Å². The second-order valence-corrected chi connectivity index (χ2v) is 3.13. The first-order valence-corrected chi connectivity index (χ1v) is 4.25. The Bertz CT molecular complexity index is 272. The van der Waals surface area contributed by atoms with Gasteiger partial charge in [0.1, 0.15) is 0 Å². The monoisotopic (exact) mass is 179 g/mol. The van der Waals surface area contributed by atoms with Crippen LogP contribution >= 0.6 is 0 Å². The number of aliphatic carboxylic acids is 1. The summed E-state index contributed by atoms with van der Waals surface area (Å²) < 4.78 is 0. The van der Waals surface area contributed by atoms with E-state index in [1.807, 2.05) is 30.3 Å². The van der Waals surface area contributed by atoms with Crippen LogP contribution < -0.4 is 10.8 Å². The summed E-state index contributed by atoms with van der Waals surface area (Å²) in [4.78, 5) is 10.2. The van der Waals surface area contributed by atoms with Crippen LogP contribution in [0.1, 0.15) is 12.0 Å². The maximum absolute atomic E-state index is 10.2. The van der Waals surface area contributed by atoms with Gasteiger partial charge < -0.3 is 15.6 Å². The molecule has 0 aliphatic carbocycles. The summed E-state index contributed by atoms with van der Waals surface area (Å²) in [6.45, 7) is 0. The summed E-state index contributed by atoms with van der Waals surface area (Å²) in [5, 5.41) is 10.2. The summed E-state index contributed by atoms with van der Waals surface area (Å²) >= 11 is 0. The molecule has 0 heterocycles. The Morgan fingerprint density at radius 3 is 2.54 bits per heavy atom. The molecule has 0 bridgehead atoms. The van der Waals surface area contributed by atoms with Gasteiger partial charge in [-0.05, 0) is 5.56 Å². The Morgan fingerprint density at radius 1 is 1.38 bits per heavy atom. The molecule has 70 valence electrons. The van der Waals surface area contributed by atoms with Crippen molar-refractivity contribution < 1.29 is 15.6 Å². The molecule has 0 aliphatic rings. The van der Waals surface area contributed by atoms with Crippen LogP contribution in [0.5, 0.6) is 0 Å². The van der Waals surface area contributed by atoms with Crippen LogP contribution in [0.25, 0.3) is 0 Å². The van der Waals surface area contributed by atoms with E-state index in [1.54, 1.807) is 0 Å². The van der Waals surface area contributed by atoms with Gasteiger partial charge in [-0.2, -0.15) is 0 Å². The number of benzene rings is 1. The molecule has 0 aliphatic heterocycles. The highest BCUT2D eigenvalue weighted by Crippen LogP contribution is 2.02. The summed E-state index contributed by atoms with van der Waals surface area (Å²) in [5.74, 6) is -1.03. The lowest BCUT2D eigenvalue weighted by Crippen LogP contribution is -2.63. The van der Waals surface area contributed by atoms with E-state index in [0.717, 1.165) is 5.56 Å². The molecule has 1 rings (SSSR count). The number of carboxylic acid groups (broad SMARTS) is 1. The second-order valence-electron chi connectivity index (χ2n) is 3.13. The Balaban J connectivity index is 2.45. The number of hydrogen-bond acceptors (Lipinski definition) is 2. The molecule has 0 amide bonds. The largest absolute Gasteiger partial charge is 0.550 e. The van der Waals surface area contributed by atoms with Gasteiger partial charge in [-0.1, -0.05) is 30.3 Å². The normalized spacial score (nSPS) is 12.4. The summed E-state index contributed by atoms with van der Waals surface area (Å²) in [6.07, 6.45) is 0.712. The lowest BCUT2D eigenvalue weighted by Gasteiger charge is -2.08. The van der Waals surface area contributed by atoms with E-state index in [0.29, 0.717) is 6.42 Å². The standard InChI is InChI=1S/C10H13NO2/c11-9(7-10(12)13)6-8-4-2-1-3-5-8/h1-5,9H,6-7,11H2,(H,12,13)/t9-/m1/s1. The van der Waals surface area contributed by atoms with E-state index < -0.39 is 5.97 Å². The van der Waals surface area contributed by atoms with Crippen LogP contribution in [0.3, 0.4) is 0 Å². The molecule has 0 saturated carbocycles. The lowest BCUT2D eigenvalue weighted by atomic mass is 10.0. The van der Waals surface area contributed by atoms with Gasteiger partial charge in [-0.15, -0.1) is 0 Å². The highest BCUT2D eigenvalue weighted by Gasteiger charge is 2.06. The molecule has 0 saturated heterocycles. The zero-order valence-electron chi connectivity index (χ0n) is 7.40. The van der Waals surface area contributed by atoms with Crippen LogP contribution in [-0.2, 0) is 11.2 Å². The molecule has 0 aromatic heterocycles. The maximum atomic E-state index is 10.2. The van der Waals surface area contributed by atoms with Crippen molar-refractivity contribution in [3.8, 4) is 0 Å². The molecule has 1 aromatic rings. The number of carbonyl (C=O) groups excluding carboxylic acids is 1. The minimum absolute atomic E-state index is 0.0227. The van der Waals surface area contributed by atoms with Gasteiger partial charge in [0, 0.05) is 18.8 Å². The Labute approximate surface area is 77.2 Å². The van der Waals surface area contributed by atoms with E-state index in [4.69, 9.17) is 0 Å². The summed E-state index contributed by atoms with van der Waals surface area (Å²) in [7, 11) is 0. The lowest BCUT2D eigenvalue weighted by molar-refractivity contribution is -0.423. The van der Waals surface area contributed by atoms with Crippen molar-refractivity contribution in [1.29, 1.82) is 0 Å². The first kappa shape index (κ1) is 9.74. The topological polar surface area (TPSA) is 67.8 Å². The molecule has 13 heavy (non-hydrogen) atoms. The minimum atomic E-state index is -1.03. The Hall–Kier alpha value is -1.35. The molecular formula is C10H13NO2. The van der Waals surface area contributed by atoms with E-state index in [1.165, 1.54) is 0 Å². The third-order valence-electron chi connectivity index (χ3n) is 1.82. The highest BCUT2D eigenvalue weighted by atomic mass is 16.4. The third kappa shape index (κ3) is 3.71. The molecule has 0 spiro atoms. The van der Waals surface area contributed by atoms with E-state index in [-0.39, 0.29) is 12.5 Å². The molecule has 1 aromatic carbocycles. The SMILES string of the molecule is [NH3+][C@@H](CC(=O)[O-])Cc1ccccc1. The van der Waals surface area contributed by atoms with Crippen molar-refractivity contribution >= 4 is 5.97 Å². The quantitative estimate of drug-likeness (QED) is 0.642. The van der Waals surface area contributed by atoms with E-state index in [2.05, 4.69) is 5.73 Å². The molecule has 3 N–H and O–H groups in total. The van der Waals surface area contributed by atoms with Gasteiger partial charge in [0.15, 0.2) is 0 Å². The number of rotatable bonds is 4. The Kier molecular flexibility index (Phi) is 3.46. The van der Waals surface area contributed by atoms with Gasteiger partial charge in [-0.25, -0.2) is 0 Å². The fraction of sp³-hybridized carbons (Fsp3) is 0.300. The van der Waals surface area contributed by atoms with Crippen molar-refractivity contribution in [1.82, 2.24) is 0 Å². The third-order valence-corrected chi connectivity index (χ3v) is 1.82. The molecule has 0 radical (unpaired) electrons. The molecule has 1 atom stereocenters. The van der Waals surface area contributed by atoms with Crippen molar-refractivity contribution in [2.75, 3.05) is 0 Å². The molecule has 3 nitrogen and oxygen atoms in total. The van der Waals surface area contributed by atoms with Crippen molar-refractivity contribution in [2.24, 2.45) is 0 Å². The van der Waals surface area contributed by atoms with Crippen molar-refractivity contribution in [2.45, 2.75) is 18.9 Å². The summed E-state index contributed by atoms with van der Waals surface area (Å²) in [5.41, 5.74) is 4.87. The van der Waals surface area contributed by atoms with Crippen LogP contribution in [0, 0.1) is 0 Å². The predicted molar refractivity (Wildman–Crippen MR) is 46.4 cm³/mol. The van der Waals surface area contributed by atoms with Gasteiger partial charge in [0.2, 0.25) is 0 Å². The van der Waals surface area contributed by atoms with Crippen molar-refractivity contribution in [3.05, 3.63) is 35.9 Å². The van der Waals surface area contributed by atoms with Gasteiger partial charge in [0.05, 0.1) is 6.04 Å². The van der Waals surface area contributed by atoms with Crippen LogP contribution in [0.2, 0.25) is 0 Å². The van der Waals surface area contributed by atoms with Crippen LogP contribution in [-0.4, -0.2) is 12.0 Å². The van der Waals surface area contributed by atoms with Crippen molar-refractivity contribution in [3.63, 3.8) is 0 Å². The molecule has 3 heteroatoms. The number of carbonyl (C=O) groups is 1. The predicted octanol–water partition coefficient (Wildman–Crippen LogP) is -1.02. The van der Waals surface area contributed by atoms with Crippen LogP contribution in [0.15, 0.2) is 30.3 Å². The minimum Gasteiger partial charge on any atom is -0.550 e. The average Bonchev–Trinajstić information content (AvgIpc) is 2.04. The second kappa shape index (κ2) is 4.62. The molecule has 0 fully saturated rings. The molecular weight excluding hydrogens is 166 g/mol. The number of carboxylic acids is 1. The smallest absolute Gasteiger partial charge is 0.0937 e. The van der Waals surface area contributed by atoms with Gasteiger partial charge >= 0.3 is 0 Å². The molecule has 0 unspecified atom stereocenters. The maximum Gasteiger partial charge on any atom is 0.0937 e. The first-order chi connectivity index (χ1) is 6.18. The average molecular weight is 179 g/mol. The highest BCUT2D eigenvalue weighted by molar-refractivity contribution is 5.64. The fourth-order valence-electron chi connectivity index (χ4n) is 1.26. The number of quaternary nitrogens is 1. The summed E-state index contributed by atoms with van der Waals surface area (Å²) in [6, 6.07) is 9.62. The fourth-order valence-corrected chi connectivity index (χ4v) is 1.26.